The molecule has 2 aromatic rings. The number of benzene rings is 2. The zero-order valence-electron chi connectivity index (χ0n) is 16.5. The highest BCUT2D eigenvalue weighted by atomic mass is 35.5. The first-order valence-corrected chi connectivity index (χ1v) is 11.7. The molecule has 1 amide bonds. The molecular formula is C21H20ClF2NO6S. The molecule has 0 aliphatic heterocycles. The molecule has 0 saturated heterocycles. The van der Waals surface area contributed by atoms with Crippen LogP contribution >= 0.6 is 11.6 Å². The molecule has 2 aromatic carbocycles. The van der Waals surface area contributed by atoms with Gasteiger partial charge in [-0.1, -0.05) is 11.6 Å². The molecule has 2 bridgehead atoms. The molecule has 32 heavy (non-hydrogen) atoms. The number of aliphatic hydroxyl groups is 3. The lowest BCUT2D eigenvalue weighted by molar-refractivity contribution is -0.263. The van der Waals surface area contributed by atoms with E-state index in [4.69, 9.17) is 11.6 Å². The minimum absolute atomic E-state index is 0.0158. The summed E-state index contributed by atoms with van der Waals surface area (Å²) in [4.78, 5) is 12.3. The van der Waals surface area contributed by atoms with Crippen molar-refractivity contribution in [3.63, 3.8) is 0 Å². The molecule has 5 rings (SSSR count). The van der Waals surface area contributed by atoms with E-state index < -0.39 is 62.8 Å². The Kier molecular flexibility index (Phi) is 5.79. The van der Waals surface area contributed by atoms with Gasteiger partial charge in [0.05, 0.1) is 33.5 Å². The number of aliphatic hydroxyl groups excluding tert-OH is 2. The van der Waals surface area contributed by atoms with Gasteiger partial charge in [-0.2, -0.15) is 0 Å². The molecule has 3 aliphatic rings. The smallest absolute Gasteiger partial charge is 0.255 e. The first-order chi connectivity index (χ1) is 15.0. The van der Waals surface area contributed by atoms with Gasteiger partial charge < -0.3 is 20.6 Å². The zero-order valence-corrected chi connectivity index (χ0v) is 18.1. The van der Waals surface area contributed by atoms with Crippen LogP contribution in [-0.4, -0.2) is 53.2 Å². The molecular weight excluding hydrogens is 468 g/mol. The summed E-state index contributed by atoms with van der Waals surface area (Å²) < 4.78 is 53.0. The second-order valence-electron chi connectivity index (χ2n) is 8.22. The van der Waals surface area contributed by atoms with Crippen LogP contribution in [0.1, 0.15) is 23.2 Å². The van der Waals surface area contributed by atoms with Gasteiger partial charge in [0.15, 0.2) is 21.5 Å². The number of sulfone groups is 1. The number of amides is 1. The molecule has 11 heteroatoms. The fraction of sp³-hybridized carbons (Fsp3) is 0.381. The first kappa shape index (κ1) is 23.1. The van der Waals surface area contributed by atoms with Crippen LogP contribution in [0, 0.1) is 23.5 Å². The Labute approximate surface area is 187 Å². The van der Waals surface area contributed by atoms with Crippen molar-refractivity contribution in [2.75, 3.05) is 11.9 Å². The van der Waals surface area contributed by atoms with Crippen LogP contribution in [0.4, 0.5) is 14.5 Å². The first-order valence-electron chi connectivity index (χ1n) is 9.80. The maximum absolute atomic E-state index is 13.4. The number of nitrogens with one attached hydrogen (secondary N) is 1. The van der Waals surface area contributed by atoms with Crippen LogP contribution < -0.4 is 5.32 Å². The Balaban J connectivity index is 1.58. The molecule has 3 fully saturated rings. The van der Waals surface area contributed by atoms with Gasteiger partial charge in [0, 0.05) is 29.2 Å². The van der Waals surface area contributed by atoms with Crippen molar-refractivity contribution < 1.29 is 37.3 Å². The Morgan fingerprint density at radius 3 is 2.38 bits per heavy atom. The highest BCUT2D eigenvalue weighted by molar-refractivity contribution is 7.92. The van der Waals surface area contributed by atoms with Crippen LogP contribution in [0.5, 0.6) is 0 Å². The third-order valence-electron chi connectivity index (χ3n) is 6.51. The fourth-order valence-electron chi connectivity index (χ4n) is 4.69. The second kappa shape index (κ2) is 8.03. The molecule has 4 N–H and O–H groups in total. The number of halogens is 3. The summed E-state index contributed by atoms with van der Waals surface area (Å²) in [7, 11) is -4.04. The van der Waals surface area contributed by atoms with Crippen LogP contribution in [0.2, 0.25) is 5.02 Å². The van der Waals surface area contributed by atoms with Crippen molar-refractivity contribution in [3.8, 4) is 0 Å². The maximum Gasteiger partial charge on any atom is 0.255 e. The van der Waals surface area contributed by atoms with Crippen molar-refractivity contribution in [2.24, 2.45) is 11.8 Å². The lowest BCUT2D eigenvalue weighted by atomic mass is 9.52. The standard InChI is InChI=1S/C21H20ClF2NO6S/c22-15-3-1-10(20(28)25-11-2-4-16(23)17(24)6-11)5-18(15)32(30,31)12-7-13-19(27)14(8-12)21(13,29)9-26/h1-6,12-14,19,26-27,29H,7-9H2,(H,25,28). The van der Waals surface area contributed by atoms with Gasteiger partial charge in [0.25, 0.3) is 5.91 Å². The van der Waals surface area contributed by atoms with E-state index in [1.807, 2.05) is 0 Å². The Bertz CT molecular complexity index is 1180. The minimum Gasteiger partial charge on any atom is -0.393 e. The molecule has 3 aliphatic carbocycles. The monoisotopic (exact) mass is 487 g/mol. The van der Waals surface area contributed by atoms with Crippen molar-refractivity contribution >= 4 is 33.0 Å². The Morgan fingerprint density at radius 1 is 1.12 bits per heavy atom. The highest BCUT2D eigenvalue weighted by Crippen LogP contribution is 2.55. The predicted octanol–water partition coefficient (Wildman–Crippen LogP) is 2.14. The van der Waals surface area contributed by atoms with Gasteiger partial charge >= 0.3 is 0 Å². The lowest BCUT2D eigenvalue weighted by Crippen LogP contribution is -2.72. The number of anilines is 1. The number of hydrogen-bond acceptors (Lipinski definition) is 6. The summed E-state index contributed by atoms with van der Waals surface area (Å²) >= 11 is 6.12. The molecule has 7 nitrogen and oxygen atoms in total. The van der Waals surface area contributed by atoms with Gasteiger partial charge in [-0.25, -0.2) is 17.2 Å². The van der Waals surface area contributed by atoms with Crippen molar-refractivity contribution in [3.05, 3.63) is 58.6 Å². The molecule has 0 spiro atoms. The van der Waals surface area contributed by atoms with E-state index in [-0.39, 0.29) is 34.0 Å². The second-order valence-corrected chi connectivity index (χ2v) is 10.8. The van der Waals surface area contributed by atoms with E-state index in [1.165, 1.54) is 12.1 Å². The van der Waals surface area contributed by atoms with Gasteiger partial charge in [0.2, 0.25) is 0 Å². The van der Waals surface area contributed by atoms with E-state index in [2.05, 4.69) is 5.32 Å². The molecule has 0 aromatic heterocycles. The molecule has 0 radical (unpaired) electrons. The number of hydrogen-bond donors (Lipinski definition) is 4. The minimum atomic E-state index is -4.04. The average molecular weight is 488 g/mol. The number of fused-ring (bicyclic) bond motifs is 2. The van der Waals surface area contributed by atoms with E-state index in [0.717, 1.165) is 24.3 Å². The normalized spacial score (nSPS) is 29.3. The van der Waals surface area contributed by atoms with Crippen molar-refractivity contribution in [2.45, 2.75) is 34.7 Å². The van der Waals surface area contributed by atoms with E-state index in [0.29, 0.717) is 0 Å². The molecule has 2 unspecified atom stereocenters. The van der Waals surface area contributed by atoms with Crippen molar-refractivity contribution in [1.29, 1.82) is 0 Å². The van der Waals surface area contributed by atoms with Gasteiger partial charge in [-0.3, -0.25) is 4.79 Å². The van der Waals surface area contributed by atoms with E-state index >= 15 is 0 Å². The molecule has 3 saturated carbocycles. The third-order valence-corrected chi connectivity index (χ3v) is 9.17. The van der Waals surface area contributed by atoms with E-state index in [9.17, 15) is 37.3 Å². The van der Waals surface area contributed by atoms with Crippen molar-refractivity contribution in [1.82, 2.24) is 0 Å². The summed E-state index contributed by atoms with van der Waals surface area (Å²) in [6.07, 6.45) is -1.04. The van der Waals surface area contributed by atoms with Gasteiger partial charge in [-0.15, -0.1) is 0 Å². The third kappa shape index (κ3) is 3.60. The molecule has 172 valence electrons. The van der Waals surface area contributed by atoms with E-state index in [1.54, 1.807) is 0 Å². The molecule has 2 atom stereocenters. The highest BCUT2D eigenvalue weighted by Gasteiger charge is 2.65. The number of carbonyl (C=O) groups excluding carboxylic acids is 1. The maximum atomic E-state index is 13.4. The van der Waals surface area contributed by atoms with Crippen LogP contribution in [0.15, 0.2) is 41.3 Å². The number of carbonyl (C=O) groups is 1. The lowest BCUT2D eigenvalue weighted by Gasteiger charge is -2.60. The Morgan fingerprint density at radius 2 is 1.78 bits per heavy atom. The summed E-state index contributed by atoms with van der Waals surface area (Å²) in [5.74, 6) is -4.55. The molecule has 0 heterocycles. The van der Waals surface area contributed by atoms with Gasteiger partial charge in [0.1, 0.15) is 0 Å². The predicted molar refractivity (Wildman–Crippen MR) is 111 cm³/mol. The van der Waals surface area contributed by atoms with Crippen LogP contribution in [0.3, 0.4) is 0 Å². The summed E-state index contributed by atoms with van der Waals surface area (Å²) in [5, 5.41) is 31.3. The Hall–Kier alpha value is -2.11. The van der Waals surface area contributed by atoms with Crippen LogP contribution in [0.25, 0.3) is 0 Å². The average Bonchev–Trinajstić information content (AvgIpc) is 2.76. The zero-order chi connectivity index (χ0) is 23.4. The number of rotatable bonds is 5. The quantitative estimate of drug-likeness (QED) is 0.512. The summed E-state index contributed by atoms with van der Waals surface area (Å²) in [6.45, 7) is -0.577. The topological polar surface area (TPSA) is 124 Å². The fourth-order valence-corrected chi connectivity index (χ4v) is 7.04. The SMILES string of the molecule is O=C(Nc1ccc(F)c(F)c1)c1ccc(Cl)c(S(=O)(=O)C2CC3C(O)C(C2)C3(O)CO)c1. The summed E-state index contributed by atoms with van der Waals surface area (Å²) in [6, 6.07) is 6.44. The van der Waals surface area contributed by atoms with Gasteiger partial charge in [-0.05, 0) is 43.2 Å². The summed E-state index contributed by atoms with van der Waals surface area (Å²) in [5.41, 5.74) is -1.59. The largest absolute Gasteiger partial charge is 0.393 e. The van der Waals surface area contributed by atoms with Crippen LogP contribution in [-0.2, 0) is 9.84 Å².